The molecular weight excluding hydrogens is 400 g/mol. The van der Waals surface area contributed by atoms with Crippen LogP contribution < -0.4 is 10.1 Å². The molecule has 0 aliphatic heterocycles. The Kier molecular flexibility index (Phi) is 6.52. The lowest BCUT2D eigenvalue weighted by molar-refractivity contribution is 0.0951. The molecule has 1 amide bonds. The van der Waals surface area contributed by atoms with Crippen LogP contribution in [0.2, 0.25) is 0 Å². The van der Waals surface area contributed by atoms with Crippen LogP contribution in [0.5, 0.6) is 5.75 Å². The largest absolute Gasteiger partial charge is 0.487 e. The number of rotatable bonds is 8. The third-order valence-electron chi connectivity index (χ3n) is 5.13. The summed E-state index contributed by atoms with van der Waals surface area (Å²) in [6.07, 6.45) is 4.01. The predicted molar refractivity (Wildman–Crippen MR) is 126 cm³/mol. The molecule has 0 radical (unpaired) electrons. The van der Waals surface area contributed by atoms with Gasteiger partial charge in [-0.05, 0) is 68.0 Å². The Labute approximate surface area is 188 Å². The zero-order valence-corrected chi connectivity index (χ0v) is 18.7. The van der Waals surface area contributed by atoms with Gasteiger partial charge in [0.1, 0.15) is 18.0 Å². The second-order valence-electron chi connectivity index (χ2n) is 8.25. The van der Waals surface area contributed by atoms with E-state index in [1.54, 1.807) is 12.1 Å². The fourth-order valence-corrected chi connectivity index (χ4v) is 3.50. The number of nitrogens with zero attached hydrogens (tertiary/aromatic N) is 3. The van der Waals surface area contributed by atoms with E-state index in [1.807, 2.05) is 55.2 Å². The summed E-state index contributed by atoms with van der Waals surface area (Å²) in [5, 5.41) is 2.97. The van der Waals surface area contributed by atoms with E-state index in [2.05, 4.69) is 46.4 Å². The molecule has 0 bridgehead atoms. The molecule has 4 aromatic rings. The summed E-state index contributed by atoms with van der Waals surface area (Å²) in [4.78, 5) is 19.2. The first-order valence-corrected chi connectivity index (χ1v) is 10.6. The molecule has 6 nitrogen and oxygen atoms in total. The maximum absolute atomic E-state index is 12.5. The van der Waals surface area contributed by atoms with Crippen LogP contribution in [0.15, 0.2) is 73.1 Å². The average molecular weight is 429 g/mol. The normalized spacial score (nSPS) is 11.1. The standard InChI is InChI=1S/C26H28N4O2/c1-19-4-13-25-28-23(17-30(25)15-19)18-32-24-11-9-22(10-12-24)26(31)27-14-20-5-7-21(8-6-20)16-29(2)3/h4-13,15,17H,14,16,18H2,1-3H3,(H,27,31). The van der Waals surface area contributed by atoms with Gasteiger partial charge in [0.05, 0.1) is 5.69 Å². The first-order valence-electron chi connectivity index (χ1n) is 10.6. The molecule has 0 saturated carbocycles. The zero-order chi connectivity index (χ0) is 22.5. The van der Waals surface area contributed by atoms with Gasteiger partial charge in [0.2, 0.25) is 0 Å². The average Bonchev–Trinajstić information content (AvgIpc) is 3.19. The highest BCUT2D eigenvalue weighted by molar-refractivity contribution is 5.94. The van der Waals surface area contributed by atoms with Crippen molar-refractivity contribution >= 4 is 11.6 Å². The summed E-state index contributed by atoms with van der Waals surface area (Å²) in [6.45, 7) is 3.82. The third-order valence-corrected chi connectivity index (χ3v) is 5.13. The van der Waals surface area contributed by atoms with Gasteiger partial charge in [-0.1, -0.05) is 30.3 Å². The highest BCUT2D eigenvalue weighted by Crippen LogP contribution is 2.15. The highest BCUT2D eigenvalue weighted by Gasteiger charge is 2.07. The van der Waals surface area contributed by atoms with E-state index >= 15 is 0 Å². The SMILES string of the molecule is Cc1ccc2nc(COc3ccc(C(=O)NCc4ccc(CN(C)C)cc4)cc3)cn2c1. The Hall–Kier alpha value is -3.64. The summed E-state index contributed by atoms with van der Waals surface area (Å²) in [5.74, 6) is 0.593. The monoisotopic (exact) mass is 428 g/mol. The van der Waals surface area contributed by atoms with E-state index in [0.29, 0.717) is 24.5 Å². The number of imidazole rings is 1. The Morgan fingerprint density at radius 3 is 2.41 bits per heavy atom. The second-order valence-corrected chi connectivity index (χ2v) is 8.25. The molecular formula is C26H28N4O2. The number of aromatic nitrogens is 2. The van der Waals surface area contributed by atoms with Crippen LogP contribution in [0.25, 0.3) is 5.65 Å². The maximum Gasteiger partial charge on any atom is 0.251 e. The number of hydrogen-bond acceptors (Lipinski definition) is 4. The molecule has 0 fully saturated rings. The second kappa shape index (κ2) is 9.66. The lowest BCUT2D eigenvalue weighted by Crippen LogP contribution is -2.22. The number of pyridine rings is 1. The van der Waals surface area contributed by atoms with Gasteiger partial charge in [-0.2, -0.15) is 0 Å². The van der Waals surface area contributed by atoms with E-state index in [1.165, 1.54) is 11.1 Å². The molecule has 0 spiro atoms. The number of hydrogen-bond donors (Lipinski definition) is 1. The van der Waals surface area contributed by atoms with Crippen molar-refractivity contribution in [2.75, 3.05) is 14.1 Å². The van der Waals surface area contributed by atoms with Crippen molar-refractivity contribution in [3.05, 3.63) is 101 Å². The molecule has 0 saturated heterocycles. The summed E-state index contributed by atoms with van der Waals surface area (Å²) in [7, 11) is 4.09. The minimum Gasteiger partial charge on any atom is -0.487 e. The van der Waals surface area contributed by atoms with E-state index in [9.17, 15) is 4.79 Å². The predicted octanol–water partition coefficient (Wildman–Crippen LogP) is 4.21. The third kappa shape index (κ3) is 5.53. The lowest BCUT2D eigenvalue weighted by atomic mass is 10.1. The van der Waals surface area contributed by atoms with Crippen molar-refractivity contribution in [1.29, 1.82) is 0 Å². The van der Waals surface area contributed by atoms with Crippen molar-refractivity contribution in [3.8, 4) is 5.75 Å². The summed E-state index contributed by atoms with van der Waals surface area (Å²) in [5.41, 5.74) is 5.85. The molecule has 6 heteroatoms. The van der Waals surface area contributed by atoms with Crippen molar-refractivity contribution in [2.45, 2.75) is 26.6 Å². The lowest BCUT2D eigenvalue weighted by Gasteiger charge is -2.11. The van der Waals surface area contributed by atoms with Gasteiger partial charge in [-0.15, -0.1) is 0 Å². The number of nitrogens with one attached hydrogen (secondary N) is 1. The van der Waals surface area contributed by atoms with Gasteiger partial charge < -0.3 is 19.4 Å². The molecule has 0 aliphatic rings. The highest BCUT2D eigenvalue weighted by atomic mass is 16.5. The fourth-order valence-electron chi connectivity index (χ4n) is 3.50. The smallest absolute Gasteiger partial charge is 0.251 e. The first-order chi connectivity index (χ1) is 15.5. The number of aryl methyl sites for hydroxylation is 1. The van der Waals surface area contributed by atoms with Crippen LogP contribution in [0, 0.1) is 6.92 Å². The van der Waals surface area contributed by atoms with Crippen molar-refractivity contribution in [1.82, 2.24) is 19.6 Å². The van der Waals surface area contributed by atoms with Crippen LogP contribution >= 0.6 is 0 Å². The number of carbonyl (C=O) groups is 1. The number of ether oxygens (including phenoxy) is 1. The first kappa shape index (κ1) is 21.6. The van der Waals surface area contributed by atoms with Gasteiger partial charge in [0, 0.05) is 31.0 Å². The van der Waals surface area contributed by atoms with Crippen LogP contribution in [-0.4, -0.2) is 34.3 Å². The quantitative estimate of drug-likeness (QED) is 0.457. The Morgan fingerprint density at radius 2 is 1.69 bits per heavy atom. The van der Waals surface area contributed by atoms with Gasteiger partial charge in [-0.3, -0.25) is 4.79 Å². The topological polar surface area (TPSA) is 58.9 Å². The molecule has 0 atom stereocenters. The molecule has 2 aromatic carbocycles. The molecule has 2 aromatic heterocycles. The zero-order valence-electron chi connectivity index (χ0n) is 18.7. The molecule has 1 N–H and O–H groups in total. The van der Waals surface area contributed by atoms with Crippen LogP contribution in [0.4, 0.5) is 0 Å². The Balaban J connectivity index is 1.29. The van der Waals surface area contributed by atoms with Gasteiger partial charge in [0.25, 0.3) is 5.91 Å². The Bertz CT molecular complexity index is 1190. The van der Waals surface area contributed by atoms with Crippen LogP contribution in [0.3, 0.4) is 0 Å². The summed E-state index contributed by atoms with van der Waals surface area (Å²) < 4.78 is 7.84. The van der Waals surface area contributed by atoms with Crippen molar-refractivity contribution in [2.24, 2.45) is 0 Å². The Morgan fingerprint density at radius 1 is 0.969 bits per heavy atom. The van der Waals surface area contributed by atoms with Gasteiger partial charge >= 0.3 is 0 Å². The number of benzene rings is 2. The van der Waals surface area contributed by atoms with E-state index in [0.717, 1.165) is 23.4 Å². The molecule has 0 aliphatic carbocycles. The number of carbonyl (C=O) groups excluding carboxylic acids is 1. The molecule has 32 heavy (non-hydrogen) atoms. The van der Waals surface area contributed by atoms with E-state index in [-0.39, 0.29) is 5.91 Å². The molecule has 0 unspecified atom stereocenters. The minimum absolute atomic E-state index is 0.107. The van der Waals surface area contributed by atoms with Crippen molar-refractivity contribution in [3.63, 3.8) is 0 Å². The number of amides is 1. The van der Waals surface area contributed by atoms with Gasteiger partial charge in [0.15, 0.2) is 0 Å². The minimum atomic E-state index is -0.107. The molecule has 164 valence electrons. The van der Waals surface area contributed by atoms with Crippen molar-refractivity contribution < 1.29 is 9.53 Å². The summed E-state index contributed by atoms with van der Waals surface area (Å²) in [6, 6.07) is 19.5. The fraction of sp³-hybridized carbons (Fsp3) is 0.231. The van der Waals surface area contributed by atoms with Crippen LogP contribution in [0.1, 0.15) is 32.7 Å². The molecule has 2 heterocycles. The van der Waals surface area contributed by atoms with E-state index in [4.69, 9.17) is 4.74 Å². The van der Waals surface area contributed by atoms with Crippen LogP contribution in [-0.2, 0) is 19.7 Å². The number of fused-ring (bicyclic) bond motifs is 1. The molecule has 4 rings (SSSR count). The summed E-state index contributed by atoms with van der Waals surface area (Å²) >= 11 is 0. The maximum atomic E-state index is 12.5. The van der Waals surface area contributed by atoms with E-state index < -0.39 is 0 Å². The van der Waals surface area contributed by atoms with Gasteiger partial charge in [-0.25, -0.2) is 4.98 Å².